The van der Waals surface area contributed by atoms with Crippen LogP contribution in [-0.2, 0) is 28.7 Å². The van der Waals surface area contributed by atoms with Crippen molar-refractivity contribution < 1.29 is 42.5 Å². The molecule has 3 nitrogen and oxygen atoms in total. The van der Waals surface area contributed by atoms with Crippen molar-refractivity contribution in [2.45, 2.75) is 122 Å². The summed E-state index contributed by atoms with van der Waals surface area (Å²) in [5.41, 5.74) is 3.05. The molecule has 0 aromatic heterocycles. The number of aryl methyl sites for hydroxylation is 2. The minimum Gasteiger partial charge on any atom is -0.748 e. The zero-order chi connectivity index (χ0) is 21.4. The third-order valence-corrected chi connectivity index (χ3v) is 6.39. The largest absolute Gasteiger partial charge is 1.00 e. The molecule has 1 aromatic carbocycles. The zero-order valence-corrected chi connectivity index (χ0v) is 22.7. The van der Waals surface area contributed by atoms with Crippen LogP contribution in [-0.4, -0.2) is 13.0 Å². The third-order valence-electron chi connectivity index (χ3n) is 5.72. The number of benzene rings is 1. The first-order valence-electron chi connectivity index (χ1n) is 12.0. The van der Waals surface area contributed by atoms with Crippen LogP contribution in [0.5, 0.6) is 0 Å². The van der Waals surface area contributed by atoms with E-state index in [-0.39, 0.29) is 35.3 Å². The molecule has 0 atom stereocenters. The molecule has 0 aliphatic carbocycles. The fourth-order valence-corrected chi connectivity index (χ4v) is 4.62. The molecule has 0 heterocycles. The van der Waals surface area contributed by atoms with E-state index in [1.807, 2.05) is 12.1 Å². The molecule has 5 heteroatoms. The summed E-state index contributed by atoms with van der Waals surface area (Å²) < 4.78 is 33.8. The van der Waals surface area contributed by atoms with E-state index in [9.17, 15) is 13.0 Å². The van der Waals surface area contributed by atoms with Gasteiger partial charge in [-0.3, -0.25) is 0 Å². The Morgan fingerprint density at radius 3 is 1.63 bits per heavy atom. The summed E-state index contributed by atoms with van der Waals surface area (Å²) in [6.07, 6.45) is 19.6. The number of hydrogen-bond donors (Lipinski definition) is 0. The van der Waals surface area contributed by atoms with Crippen molar-refractivity contribution in [2.24, 2.45) is 0 Å². The van der Waals surface area contributed by atoms with Gasteiger partial charge in [0.05, 0.1) is 15.9 Å². The van der Waals surface area contributed by atoms with Gasteiger partial charge in [0, 0.05) is 0 Å². The first kappa shape index (κ1) is 30.1. The summed E-state index contributed by atoms with van der Waals surface area (Å²) in [7, 11) is -4.24. The molecule has 0 N–H and O–H groups in total. The minimum absolute atomic E-state index is 0. The van der Waals surface area contributed by atoms with Crippen LogP contribution in [0, 0.1) is 0 Å². The zero-order valence-electron chi connectivity index (χ0n) is 19.9. The molecule has 0 saturated heterocycles. The Labute approximate surface area is 208 Å². The van der Waals surface area contributed by atoms with Gasteiger partial charge in [0.15, 0.2) is 0 Å². The predicted octanol–water partition coefficient (Wildman–Crippen LogP) is 4.32. The molecule has 1 rings (SSSR count). The van der Waals surface area contributed by atoms with E-state index in [4.69, 9.17) is 0 Å². The predicted molar refractivity (Wildman–Crippen MR) is 123 cm³/mol. The molecule has 0 aliphatic rings. The fraction of sp³-hybridized carbons (Fsp3) is 0.760. The van der Waals surface area contributed by atoms with Crippen LogP contribution in [0.4, 0.5) is 0 Å². The SMILES string of the molecule is CCCCCCCCCc1ccc(CS(=O)(=O)[O-])c(CCCCCCCCC)c1.[Na+]. The van der Waals surface area contributed by atoms with E-state index in [0.29, 0.717) is 5.56 Å². The Morgan fingerprint density at radius 2 is 1.13 bits per heavy atom. The second-order valence-electron chi connectivity index (χ2n) is 8.55. The number of unbranched alkanes of at least 4 members (excludes halogenated alkanes) is 12. The molecule has 0 fully saturated rings. The van der Waals surface area contributed by atoms with E-state index >= 15 is 0 Å². The summed E-state index contributed by atoms with van der Waals surface area (Å²) in [5, 5.41) is 0. The average molecular weight is 447 g/mol. The standard InChI is InChI=1S/C25H44O3S.Na/c1-3-5-7-9-11-13-15-17-23-19-20-25(22-29(26,27)28)24(21-23)18-16-14-12-10-8-6-4-2;/h19-21H,3-18,22H2,1-2H3,(H,26,27,28);/q;+1/p-1. The maximum absolute atomic E-state index is 11.3. The van der Waals surface area contributed by atoms with E-state index < -0.39 is 10.1 Å². The molecular formula is C25H43NaO3S. The van der Waals surface area contributed by atoms with Crippen LogP contribution >= 0.6 is 0 Å². The van der Waals surface area contributed by atoms with Crippen molar-refractivity contribution >= 4 is 10.1 Å². The van der Waals surface area contributed by atoms with Gasteiger partial charge in [-0.1, -0.05) is 109 Å². The van der Waals surface area contributed by atoms with E-state index in [1.165, 1.54) is 89.0 Å². The first-order valence-corrected chi connectivity index (χ1v) is 13.6. The van der Waals surface area contributed by atoms with Gasteiger partial charge in [0.1, 0.15) is 0 Å². The summed E-state index contributed by atoms with van der Waals surface area (Å²) in [5.74, 6) is -0.378. The Balaban J connectivity index is 0.00000841. The van der Waals surface area contributed by atoms with Crippen molar-refractivity contribution in [3.63, 3.8) is 0 Å². The molecule has 0 radical (unpaired) electrons. The molecule has 168 valence electrons. The van der Waals surface area contributed by atoms with Gasteiger partial charge in [-0.15, -0.1) is 0 Å². The Hall–Kier alpha value is 0.130. The van der Waals surface area contributed by atoms with Crippen LogP contribution in [0.15, 0.2) is 18.2 Å². The average Bonchev–Trinajstić information content (AvgIpc) is 2.67. The van der Waals surface area contributed by atoms with Gasteiger partial charge in [0.2, 0.25) is 0 Å². The quantitative estimate of drug-likeness (QED) is 0.192. The van der Waals surface area contributed by atoms with Crippen LogP contribution in [0.3, 0.4) is 0 Å². The van der Waals surface area contributed by atoms with Crippen molar-refractivity contribution in [1.82, 2.24) is 0 Å². The molecular weight excluding hydrogens is 403 g/mol. The van der Waals surface area contributed by atoms with Crippen molar-refractivity contribution in [1.29, 1.82) is 0 Å². The summed E-state index contributed by atoms with van der Waals surface area (Å²) in [6.45, 7) is 4.47. The number of hydrogen-bond acceptors (Lipinski definition) is 3. The molecule has 0 unspecified atom stereocenters. The topological polar surface area (TPSA) is 57.2 Å². The molecule has 0 amide bonds. The van der Waals surface area contributed by atoms with Crippen molar-refractivity contribution in [3.05, 3.63) is 34.9 Å². The van der Waals surface area contributed by atoms with Gasteiger partial charge in [-0.25, -0.2) is 8.42 Å². The van der Waals surface area contributed by atoms with Gasteiger partial charge in [-0.05, 0) is 42.4 Å². The summed E-state index contributed by atoms with van der Waals surface area (Å²) >= 11 is 0. The second-order valence-corrected chi connectivity index (χ2v) is 9.95. The monoisotopic (exact) mass is 446 g/mol. The molecule has 1 aromatic rings. The van der Waals surface area contributed by atoms with Crippen molar-refractivity contribution in [3.8, 4) is 0 Å². The maximum atomic E-state index is 11.3. The fourth-order valence-electron chi connectivity index (χ4n) is 3.96. The Morgan fingerprint density at radius 1 is 0.667 bits per heavy atom. The summed E-state index contributed by atoms with van der Waals surface area (Å²) in [4.78, 5) is 0. The van der Waals surface area contributed by atoms with Gasteiger partial charge in [0.25, 0.3) is 0 Å². The van der Waals surface area contributed by atoms with Crippen LogP contribution in [0.25, 0.3) is 0 Å². The molecule has 0 saturated carbocycles. The van der Waals surface area contributed by atoms with E-state index in [2.05, 4.69) is 19.9 Å². The normalized spacial score (nSPS) is 11.4. The molecule has 0 bridgehead atoms. The van der Waals surface area contributed by atoms with Crippen LogP contribution < -0.4 is 29.6 Å². The smallest absolute Gasteiger partial charge is 0.748 e. The molecule has 0 spiro atoms. The minimum atomic E-state index is -4.24. The van der Waals surface area contributed by atoms with Gasteiger partial charge < -0.3 is 4.55 Å². The van der Waals surface area contributed by atoms with Crippen LogP contribution in [0.2, 0.25) is 0 Å². The first-order chi connectivity index (χ1) is 14.0. The summed E-state index contributed by atoms with van der Waals surface area (Å²) in [6, 6.07) is 6.06. The molecule has 0 aliphatic heterocycles. The van der Waals surface area contributed by atoms with Crippen LogP contribution in [0.1, 0.15) is 120 Å². The molecule has 30 heavy (non-hydrogen) atoms. The van der Waals surface area contributed by atoms with Gasteiger partial charge >= 0.3 is 29.6 Å². The second kappa shape index (κ2) is 18.7. The Kier molecular flexibility index (Phi) is 18.8. The van der Waals surface area contributed by atoms with Gasteiger partial charge in [-0.2, -0.15) is 0 Å². The maximum Gasteiger partial charge on any atom is 1.00 e. The van der Waals surface area contributed by atoms with E-state index in [1.54, 1.807) is 0 Å². The third kappa shape index (κ3) is 15.9. The Bertz CT molecular complexity index is 644. The van der Waals surface area contributed by atoms with E-state index in [0.717, 1.165) is 24.8 Å². The number of rotatable bonds is 18. The van der Waals surface area contributed by atoms with Crippen molar-refractivity contribution in [2.75, 3.05) is 0 Å².